The number of nitrogens with one attached hydrogen (secondary N) is 1. The first-order valence-corrected chi connectivity index (χ1v) is 8.96. The maximum Gasteiger partial charge on any atom is 0.443 e. The minimum Gasteiger partial charge on any atom is -0.464 e. The van der Waals surface area contributed by atoms with Crippen molar-refractivity contribution >= 4 is 11.3 Å². The molecule has 1 fully saturated rings. The molecule has 136 valence electrons. The minimum absolute atomic E-state index is 0.0476. The molecule has 1 aliphatic heterocycles. The summed E-state index contributed by atoms with van der Waals surface area (Å²) in [5.41, 5.74) is 0.816. The van der Waals surface area contributed by atoms with E-state index in [2.05, 4.69) is 20.3 Å². The van der Waals surface area contributed by atoms with Gasteiger partial charge in [0.1, 0.15) is 0 Å². The van der Waals surface area contributed by atoms with Crippen molar-refractivity contribution < 1.29 is 17.9 Å². The van der Waals surface area contributed by atoms with Crippen LogP contribution in [0.15, 0.2) is 12.4 Å². The molecule has 2 aromatic heterocycles. The van der Waals surface area contributed by atoms with Gasteiger partial charge in [-0.05, 0) is 39.2 Å². The van der Waals surface area contributed by atoms with Crippen LogP contribution in [0.3, 0.4) is 0 Å². The summed E-state index contributed by atoms with van der Waals surface area (Å²) in [6, 6.07) is 0.467. The van der Waals surface area contributed by atoms with Crippen LogP contribution in [0.4, 0.5) is 13.2 Å². The molecular formula is C16H19F3N4OS. The SMILES string of the molecule is CCOc1ncc(-c2nc(C(F)(F)F)sc2C2CCN[C@H](C)C2)cn1. The molecule has 1 unspecified atom stereocenters. The van der Waals surface area contributed by atoms with Gasteiger partial charge in [0.25, 0.3) is 0 Å². The number of hydrogen-bond donors (Lipinski definition) is 1. The molecule has 5 nitrogen and oxygen atoms in total. The zero-order valence-corrected chi connectivity index (χ0v) is 14.7. The highest BCUT2D eigenvalue weighted by Gasteiger charge is 2.38. The van der Waals surface area contributed by atoms with Gasteiger partial charge >= 0.3 is 12.2 Å². The van der Waals surface area contributed by atoms with Gasteiger partial charge in [0.15, 0.2) is 5.01 Å². The Balaban J connectivity index is 1.99. The summed E-state index contributed by atoms with van der Waals surface area (Å²) in [7, 11) is 0. The van der Waals surface area contributed by atoms with Crippen LogP contribution in [0.2, 0.25) is 0 Å². The fraction of sp³-hybridized carbons (Fsp3) is 0.562. The Morgan fingerprint density at radius 2 is 2.04 bits per heavy atom. The zero-order chi connectivity index (χ0) is 18.0. The lowest BCUT2D eigenvalue weighted by atomic mass is 9.90. The van der Waals surface area contributed by atoms with Crippen molar-refractivity contribution in [2.24, 2.45) is 0 Å². The van der Waals surface area contributed by atoms with Gasteiger partial charge in [0.05, 0.1) is 12.3 Å². The number of rotatable bonds is 4. The standard InChI is InChI=1S/C16H19F3N4OS/c1-3-24-15-21-7-11(8-22-15)12-13(10-4-5-20-9(2)6-10)25-14(23-12)16(17,18)19/h7-10,20H,3-6H2,1-2H3/t9-,10?/m1/s1. The predicted molar refractivity (Wildman–Crippen MR) is 88.8 cm³/mol. The molecule has 1 N–H and O–H groups in total. The van der Waals surface area contributed by atoms with Crippen molar-refractivity contribution in [1.82, 2.24) is 20.3 Å². The van der Waals surface area contributed by atoms with Crippen molar-refractivity contribution in [2.45, 2.75) is 44.8 Å². The summed E-state index contributed by atoms with van der Waals surface area (Å²) in [4.78, 5) is 12.7. The first kappa shape index (κ1) is 18.1. The van der Waals surface area contributed by atoms with Crippen molar-refractivity contribution in [3.8, 4) is 17.3 Å². The molecule has 3 rings (SSSR count). The van der Waals surface area contributed by atoms with Crippen LogP contribution in [0.1, 0.15) is 42.5 Å². The fourth-order valence-corrected chi connectivity index (χ4v) is 4.05. The molecule has 0 saturated carbocycles. The predicted octanol–water partition coefficient (Wildman–Crippen LogP) is 3.87. The maximum absolute atomic E-state index is 13.2. The smallest absolute Gasteiger partial charge is 0.443 e. The number of aromatic nitrogens is 3. The van der Waals surface area contributed by atoms with Gasteiger partial charge in [0, 0.05) is 28.9 Å². The van der Waals surface area contributed by atoms with Crippen molar-refractivity contribution in [1.29, 1.82) is 0 Å². The summed E-state index contributed by atoms with van der Waals surface area (Å²) in [5.74, 6) is 0.0476. The van der Waals surface area contributed by atoms with Crippen LogP contribution in [0.5, 0.6) is 6.01 Å². The summed E-state index contributed by atoms with van der Waals surface area (Å²) >= 11 is 0.734. The summed E-state index contributed by atoms with van der Waals surface area (Å²) in [6.45, 7) is 5.05. The lowest BCUT2D eigenvalue weighted by Gasteiger charge is -2.27. The molecule has 0 radical (unpaired) electrons. The molecule has 0 bridgehead atoms. The summed E-state index contributed by atoms with van der Waals surface area (Å²) in [6.07, 6.45) is 0.0594. The normalized spacial score (nSPS) is 21.3. The fourth-order valence-electron chi connectivity index (χ4n) is 2.95. The van der Waals surface area contributed by atoms with Crippen LogP contribution >= 0.6 is 11.3 Å². The highest BCUT2D eigenvalue weighted by molar-refractivity contribution is 7.12. The van der Waals surface area contributed by atoms with E-state index in [1.54, 1.807) is 0 Å². The lowest BCUT2D eigenvalue weighted by Crippen LogP contribution is -2.34. The average Bonchev–Trinajstić information content (AvgIpc) is 3.01. The number of thiazole rings is 1. The summed E-state index contributed by atoms with van der Waals surface area (Å²) < 4.78 is 44.8. The van der Waals surface area contributed by atoms with E-state index < -0.39 is 11.2 Å². The van der Waals surface area contributed by atoms with Crippen LogP contribution in [-0.4, -0.2) is 34.1 Å². The maximum atomic E-state index is 13.2. The van der Waals surface area contributed by atoms with Gasteiger partial charge in [-0.3, -0.25) is 0 Å². The molecule has 0 aromatic carbocycles. The first-order chi connectivity index (χ1) is 11.9. The topological polar surface area (TPSA) is 59.9 Å². The zero-order valence-electron chi connectivity index (χ0n) is 13.9. The Bertz CT molecular complexity index is 717. The van der Waals surface area contributed by atoms with Crippen molar-refractivity contribution in [3.63, 3.8) is 0 Å². The third-order valence-electron chi connectivity index (χ3n) is 4.07. The lowest BCUT2D eigenvalue weighted by molar-refractivity contribution is -0.137. The second kappa shape index (κ2) is 7.25. The molecule has 1 aliphatic rings. The second-order valence-electron chi connectivity index (χ2n) is 5.99. The van der Waals surface area contributed by atoms with Gasteiger partial charge in [-0.1, -0.05) is 0 Å². The van der Waals surface area contributed by atoms with Crippen LogP contribution in [0, 0.1) is 0 Å². The molecule has 3 heterocycles. The quantitative estimate of drug-likeness (QED) is 0.883. The first-order valence-electron chi connectivity index (χ1n) is 8.15. The third-order valence-corrected chi connectivity index (χ3v) is 5.33. The highest BCUT2D eigenvalue weighted by atomic mass is 32.1. The van der Waals surface area contributed by atoms with E-state index in [0.29, 0.717) is 22.7 Å². The number of nitrogens with zero attached hydrogens (tertiary/aromatic N) is 3. The number of ether oxygens (including phenoxy) is 1. The molecule has 0 amide bonds. The van der Waals surface area contributed by atoms with Gasteiger partial charge in [-0.25, -0.2) is 15.0 Å². The van der Waals surface area contributed by atoms with E-state index in [9.17, 15) is 13.2 Å². The largest absolute Gasteiger partial charge is 0.464 e. The van der Waals surface area contributed by atoms with Crippen LogP contribution < -0.4 is 10.1 Å². The molecule has 0 spiro atoms. The number of halogens is 3. The molecule has 1 saturated heterocycles. The van der Waals surface area contributed by atoms with Crippen LogP contribution in [0.25, 0.3) is 11.3 Å². The van der Waals surface area contributed by atoms with E-state index in [-0.39, 0.29) is 18.0 Å². The molecule has 0 aliphatic carbocycles. The molecule has 25 heavy (non-hydrogen) atoms. The Kier molecular flexibility index (Phi) is 5.24. The number of piperidine rings is 1. The average molecular weight is 372 g/mol. The molecular weight excluding hydrogens is 353 g/mol. The Morgan fingerprint density at radius 3 is 2.64 bits per heavy atom. The van der Waals surface area contributed by atoms with Gasteiger partial charge < -0.3 is 10.1 Å². The van der Waals surface area contributed by atoms with Gasteiger partial charge in [0.2, 0.25) is 0 Å². The van der Waals surface area contributed by atoms with E-state index in [1.807, 2.05) is 13.8 Å². The van der Waals surface area contributed by atoms with E-state index >= 15 is 0 Å². The molecule has 2 atom stereocenters. The van der Waals surface area contributed by atoms with E-state index in [1.165, 1.54) is 12.4 Å². The number of alkyl halides is 3. The van der Waals surface area contributed by atoms with Gasteiger partial charge in [-0.2, -0.15) is 13.2 Å². The summed E-state index contributed by atoms with van der Waals surface area (Å²) in [5, 5.41) is 2.50. The molecule has 2 aromatic rings. The second-order valence-corrected chi connectivity index (χ2v) is 7.02. The monoisotopic (exact) mass is 372 g/mol. The van der Waals surface area contributed by atoms with E-state index in [4.69, 9.17) is 4.74 Å². The minimum atomic E-state index is -4.46. The molecule has 9 heteroatoms. The third kappa shape index (κ3) is 4.09. The van der Waals surface area contributed by atoms with E-state index in [0.717, 1.165) is 30.7 Å². The van der Waals surface area contributed by atoms with Crippen molar-refractivity contribution in [2.75, 3.05) is 13.2 Å². The highest BCUT2D eigenvalue weighted by Crippen LogP contribution is 2.43. The van der Waals surface area contributed by atoms with Crippen molar-refractivity contribution in [3.05, 3.63) is 22.3 Å². The van der Waals surface area contributed by atoms with Gasteiger partial charge in [-0.15, -0.1) is 11.3 Å². The number of hydrogen-bond acceptors (Lipinski definition) is 6. The Hall–Kier alpha value is -1.74. The van der Waals surface area contributed by atoms with Crippen LogP contribution in [-0.2, 0) is 6.18 Å². The Morgan fingerprint density at radius 1 is 1.32 bits per heavy atom. The Labute approximate surface area is 147 Å².